The van der Waals surface area contributed by atoms with Crippen LogP contribution in [0.25, 0.3) is 16.8 Å². The van der Waals surface area contributed by atoms with Crippen LogP contribution in [0.15, 0.2) is 30.6 Å². The van der Waals surface area contributed by atoms with E-state index in [-0.39, 0.29) is 6.10 Å². The van der Waals surface area contributed by atoms with Gasteiger partial charge in [-0.3, -0.25) is 0 Å². The number of aryl methyl sites for hydroxylation is 1. The number of fused-ring (bicyclic) bond motifs is 1. The molecule has 3 aromatic rings. The standard InChI is InChI=1S/C19H21N5O4/c1-12-14(3-4-16(22-12)27-2)15-11-21-24-17(5-8-20-18(15)24)28-13-6-9-23(10-7-13)19(25)26/h3-5,8,11,13H,6-7,9-10H2,1-2H3,(H,25,26). The highest BCUT2D eigenvalue weighted by atomic mass is 16.5. The van der Waals surface area contributed by atoms with Gasteiger partial charge in [-0.2, -0.15) is 9.61 Å². The highest BCUT2D eigenvalue weighted by Gasteiger charge is 2.24. The van der Waals surface area contributed by atoms with Crippen LogP contribution in [0.5, 0.6) is 11.8 Å². The molecule has 0 spiro atoms. The van der Waals surface area contributed by atoms with Crippen molar-refractivity contribution in [2.45, 2.75) is 25.9 Å². The van der Waals surface area contributed by atoms with E-state index >= 15 is 0 Å². The molecule has 9 nitrogen and oxygen atoms in total. The number of hydrogen-bond acceptors (Lipinski definition) is 6. The summed E-state index contributed by atoms with van der Waals surface area (Å²) >= 11 is 0. The summed E-state index contributed by atoms with van der Waals surface area (Å²) in [7, 11) is 1.59. The van der Waals surface area contributed by atoms with Gasteiger partial charge in [0.1, 0.15) is 6.10 Å². The molecule has 28 heavy (non-hydrogen) atoms. The van der Waals surface area contributed by atoms with Crippen LogP contribution in [0.3, 0.4) is 0 Å². The molecule has 1 saturated heterocycles. The first-order chi connectivity index (χ1) is 13.6. The van der Waals surface area contributed by atoms with Crippen LogP contribution in [0, 0.1) is 6.92 Å². The van der Waals surface area contributed by atoms with Gasteiger partial charge in [0.15, 0.2) is 5.65 Å². The Hall–Kier alpha value is -3.36. The zero-order chi connectivity index (χ0) is 19.7. The van der Waals surface area contributed by atoms with Crippen LogP contribution >= 0.6 is 0 Å². The normalized spacial score (nSPS) is 15.0. The molecule has 0 saturated carbocycles. The first kappa shape index (κ1) is 18.0. The maximum absolute atomic E-state index is 11.0. The number of pyridine rings is 1. The first-order valence-electron chi connectivity index (χ1n) is 9.06. The van der Waals surface area contributed by atoms with Crippen LogP contribution in [-0.4, -0.2) is 62.0 Å². The fraction of sp³-hybridized carbons (Fsp3) is 0.368. The maximum Gasteiger partial charge on any atom is 0.407 e. The second-order valence-electron chi connectivity index (χ2n) is 6.65. The molecule has 0 radical (unpaired) electrons. The first-order valence-corrected chi connectivity index (χ1v) is 9.06. The molecule has 4 heterocycles. The van der Waals surface area contributed by atoms with E-state index in [0.29, 0.717) is 43.3 Å². The number of methoxy groups -OCH3 is 1. The number of hydrogen-bond donors (Lipinski definition) is 1. The van der Waals surface area contributed by atoms with Crippen molar-refractivity contribution in [3.63, 3.8) is 0 Å². The lowest BCUT2D eigenvalue weighted by atomic mass is 10.1. The monoisotopic (exact) mass is 383 g/mol. The van der Waals surface area contributed by atoms with Gasteiger partial charge < -0.3 is 19.5 Å². The third kappa shape index (κ3) is 3.30. The van der Waals surface area contributed by atoms with Crippen LogP contribution < -0.4 is 9.47 Å². The zero-order valence-corrected chi connectivity index (χ0v) is 15.7. The molecular weight excluding hydrogens is 362 g/mol. The van der Waals surface area contributed by atoms with E-state index in [2.05, 4.69) is 15.1 Å². The Morgan fingerprint density at radius 2 is 2.00 bits per heavy atom. The van der Waals surface area contributed by atoms with Crippen molar-refractivity contribution < 1.29 is 19.4 Å². The molecule has 0 bridgehead atoms. The second-order valence-corrected chi connectivity index (χ2v) is 6.65. The van der Waals surface area contributed by atoms with Crippen molar-refractivity contribution in [1.82, 2.24) is 24.5 Å². The Balaban J connectivity index is 1.60. The highest BCUT2D eigenvalue weighted by molar-refractivity contribution is 5.78. The van der Waals surface area contributed by atoms with Gasteiger partial charge >= 0.3 is 6.09 Å². The van der Waals surface area contributed by atoms with Crippen LogP contribution in [0.1, 0.15) is 18.5 Å². The molecular formula is C19H21N5O4. The van der Waals surface area contributed by atoms with Gasteiger partial charge in [-0.05, 0) is 13.0 Å². The average molecular weight is 383 g/mol. The zero-order valence-electron chi connectivity index (χ0n) is 15.7. The fourth-order valence-corrected chi connectivity index (χ4v) is 3.42. The number of likely N-dealkylation sites (tertiary alicyclic amines) is 1. The van der Waals surface area contributed by atoms with Crippen molar-refractivity contribution in [3.05, 3.63) is 36.3 Å². The molecule has 1 N–H and O–H groups in total. The average Bonchev–Trinajstić information content (AvgIpc) is 3.13. The van der Waals surface area contributed by atoms with Gasteiger partial charge in [-0.1, -0.05) is 0 Å². The lowest BCUT2D eigenvalue weighted by molar-refractivity contribution is 0.0857. The lowest BCUT2D eigenvalue weighted by Gasteiger charge is -2.30. The summed E-state index contributed by atoms with van der Waals surface area (Å²) < 4.78 is 13.0. The molecule has 3 aromatic heterocycles. The smallest absolute Gasteiger partial charge is 0.407 e. The predicted octanol–water partition coefficient (Wildman–Crippen LogP) is 2.63. The number of piperidine rings is 1. The minimum Gasteiger partial charge on any atom is -0.481 e. The van der Waals surface area contributed by atoms with E-state index in [1.54, 1.807) is 30.1 Å². The summed E-state index contributed by atoms with van der Waals surface area (Å²) in [5.41, 5.74) is 3.29. The molecule has 0 aromatic carbocycles. The Morgan fingerprint density at radius 3 is 2.68 bits per heavy atom. The van der Waals surface area contributed by atoms with Gasteiger partial charge in [-0.25, -0.2) is 14.8 Å². The third-order valence-electron chi connectivity index (χ3n) is 4.93. The Kier molecular flexibility index (Phi) is 4.72. The van der Waals surface area contributed by atoms with E-state index in [4.69, 9.17) is 14.6 Å². The molecule has 4 rings (SSSR count). The van der Waals surface area contributed by atoms with Crippen LogP contribution in [0.2, 0.25) is 0 Å². The SMILES string of the molecule is COc1ccc(-c2cnn3c(OC4CCN(C(=O)O)CC4)ccnc23)c(C)n1. The maximum atomic E-state index is 11.0. The van der Waals surface area contributed by atoms with Gasteiger partial charge in [0.2, 0.25) is 11.8 Å². The summed E-state index contributed by atoms with van der Waals surface area (Å²) in [5.74, 6) is 1.14. The van der Waals surface area contributed by atoms with Crippen molar-refractivity contribution in [2.24, 2.45) is 0 Å². The highest BCUT2D eigenvalue weighted by Crippen LogP contribution is 2.29. The van der Waals surface area contributed by atoms with Crippen molar-refractivity contribution in [3.8, 4) is 22.9 Å². The van der Waals surface area contributed by atoms with Crippen molar-refractivity contribution in [2.75, 3.05) is 20.2 Å². The number of nitrogens with zero attached hydrogens (tertiary/aromatic N) is 5. The minimum atomic E-state index is -0.884. The predicted molar refractivity (Wildman–Crippen MR) is 101 cm³/mol. The largest absolute Gasteiger partial charge is 0.481 e. The summed E-state index contributed by atoms with van der Waals surface area (Å²) in [6.07, 6.45) is 3.79. The summed E-state index contributed by atoms with van der Waals surface area (Å²) in [4.78, 5) is 21.3. The Labute approximate surface area is 161 Å². The van der Waals surface area contributed by atoms with Gasteiger partial charge in [0, 0.05) is 61.1 Å². The summed E-state index contributed by atoms with van der Waals surface area (Å²) in [5, 5.41) is 13.5. The van der Waals surface area contributed by atoms with Crippen molar-refractivity contribution in [1.29, 1.82) is 0 Å². The fourth-order valence-electron chi connectivity index (χ4n) is 3.42. The molecule has 9 heteroatoms. The van der Waals surface area contributed by atoms with E-state index in [1.807, 2.05) is 19.1 Å². The number of carbonyl (C=O) groups is 1. The topological polar surface area (TPSA) is 102 Å². The molecule has 1 amide bonds. The summed E-state index contributed by atoms with van der Waals surface area (Å²) in [6.45, 7) is 2.85. The van der Waals surface area contributed by atoms with Crippen LogP contribution in [0.4, 0.5) is 4.79 Å². The summed E-state index contributed by atoms with van der Waals surface area (Å²) in [6, 6.07) is 5.52. The van der Waals surface area contributed by atoms with Gasteiger partial charge in [0.25, 0.3) is 0 Å². The quantitative estimate of drug-likeness (QED) is 0.739. The van der Waals surface area contributed by atoms with Gasteiger partial charge in [-0.15, -0.1) is 0 Å². The Morgan fingerprint density at radius 1 is 1.21 bits per heavy atom. The molecule has 0 atom stereocenters. The Bertz CT molecular complexity index is 1010. The van der Waals surface area contributed by atoms with E-state index < -0.39 is 6.09 Å². The third-order valence-corrected chi connectivity index (χ3v) is 4.93. The van der Waals surface area contributed by atoms with Gasteiger partial charge in [0.05, 0.1) is 13.3 Å². The van der Waals surface area contributed by atoms with Crippen LogP contribution in [-0.2, 0) is 0 Å². The van der Waals surface area contributed by atoms with E-state index in [9.17, 15) is 4.79 Å². The molecule has 1 aliphatic rings. The number of amides is 1. The molecule has 146 valence electrons. The number of rotatable bonds is 4. The second kappa shape index (κ2) is 7.34. The molecule has 0 unspecified atom stereocenters. The molecule has 0 aliphatic carbocycles. The van der Waals surface area contributed by atoms with E-state index in [1.165, 1.54) is 4.90 Å². The minimum absolute atomic E-state index is 0.0572. The van der Waals surface area contributed by atoms with E-state index in [0.717, 1.165) is 16.8 Å². The molecule has 1 fully saturated rings. The number of carboxylic acid groups (broad SMARTS) is 1. The number of aromatic nitrogens is 4. The molecule has 1 aliphatic heterocycles. The number of ether oxygens (including phenoxy) is 2. The lowest BCUT2D eigenvalue weighted by Crippen LogP contribution is -2.41. The van der Waals surface area contributed by atoms with Crippen molar-refractivity contribution >= 4 is 11.7 Å².